The third-order valence-corrected chi connectivity index (χ3v) is 5.64. The molecule has 2 atom stereocenters. The van der Waals surface area contributed by atoms with Gasteiger partial charge in [0.1, 0.15) is 5.82 Å². The number of hydrogen-bond acceptors (Lipinski definition) is 3. The summed E-state index contributed by atoms with van der Waals surface area (Å²) in [6.07, 6.45) is 10.7. The molecule has 1 saturated carbocycles. The number of hydrogen-bond donors (Lipinski definition) is 1. The van der Waals surface area contributed by atoms with Gasteiger partial charge in [-0.1, -0.05) is 12.8 Å². The van der Waals surface area contributed by atoms with Gasteiger partial charge in [-0.25, -0.2) is 4.98 Å². The smallest absolute Gasteiger partial charge is 0.226 e. The molecule has 2 amide bonds. The monoisotopic (exact) mass is 346 g/mol. The molecule has 2 fully saturated rings. The van der Waals surface area contributed by atoms with E-state index in [0.717, 1.165) is 70.4 Å². The minimum absolute atomic E-state index is 0.0691. The molecule has 6 nitrogen and oxygen atoms in total. The summed E-state index contributed by atoms with van der Waals surface area (Å²) in [7, 11) is 0. The lowest BCUT2D eigenvalue weighted by Gasteiger charge is -2.32. The van der Waals surface area contributed by atoms with E-state index in [2.05, 4.69) is 14.9 Å². The van der Waals surface area contributed by atoms with Gasteiger partial charge in [-0.05, 0) is 39.0 Å². The molecule has 0 bridgehead atoms. The van der Waals surface area contributed by atoms with Gasteiger partial charge in [0.15, 0.2) is 0 Å². The van der Waals surface area contributed by atoms with Crippen LogP contribution in [-0.2, 0) is 16.1 Å². The van der Waals surface area contributed by atoms with Gasteiger partial charge in [0, 0.05) is 50.4 Å². The summed E-state index contributed by atoms with van der Waals surface area (Å²) < 4.78 is 2.09. The van der Waals surface area contributed by atoms with Crippen LogP contribution in [0.25, 0.3) is 0 Å². The predicted octanol–water partition coefficient (Wildman–Crippen LogP) is 2.13. The maximum absolute atomic E-state index is 12.8. The van der Waals surface area contributed by atoms with Gasteiger partial charge in [0.2, 0.25) is 11.8 Å². The molecule has 6 heteroatoms. The molecule has 25 heavy (non-hydrogen) atoms. The van der Waals surface area contributed by atoms with Crippen molar-refractivity contribution in [3.05, 3.63) is 18.2 Å². The number of nitrogens with one attached hydrogen (secondary N) is 1. The summed E-state index contributed by atoms with van der Waals surface area (Å²) in [5.41, 5.74) is 0. The first-order valence-electron chi connectivity index (χ1n) is 9.71. The van der Waals surface area contributed by atoms with Crippen molar-refractivity contribution in [1.29, 1.82) is 0 Å². The van der Waals surface area contributed by atoms with Crippen LogP contribution in [0.3, 0.4) is 0 Å². The summed E-state index contributed by atoms with van der Waals surface area (Å²) in [4.78, 5) is 31.6. The van der Waals surface area contributed by atoms with Crippen LogP contribution < -0.4 is 5.32 Å². The van der Waals surface area contributed by atoms with E-state index < -0.39 is 0 Å². The standard InChI is InChI=1S/C19H30N4O2/c1-15-20-10-14-22(15)13-6-9-21-18(24)16-7-2-3-8-17(16)19(25)23-11-4-5-12-23/h10,14,16-17H,2-9,11-13H2,1H3,(H,21,24)/t16-,17+/m1/s1. The molecule has 1 aliphatic heterocycles. The van der Waals surface area contributed by atoms with Gasteiger partial charge in [-0.15, -0.1) is 0 Å². The second-order valence-electron chi connectivity index (χ2n) is 7.34. The van der Waals surface area contributed by atoms with Crippen LogP contribution in [0.2, 0.25) is 0 Å². The maximum atomic E-state index is 12.8. The molecule has 2 heterocycles. The first-order chi connectivity index (χ1) is 12.2. The molecule has 0 aromatic carbocycles. The Bertz CT molecular complexity index is 592. The molecule has 1 aliphatic carbocycles. The Morgan fingerprint density at radius 2 is 1.88 bits per heavy atom. The summed E-state index contributed by atoms with van der Waals surface area (Å²) in [6, 6.07) is 0. The molecule has 2 aliphatic rings. The van der Waals surface area contributed by atoms with Crippen LogP contribution >= 0.6 is 0 Å². The average molecular weight is 346 g/mol. The van der Waals surface area contributed by atoms with E-state index in [1.165, 1.54) is 0 Å². The van der Waals surface area contributed by atoms with Gasteiger partial charge >= 0.3 is 0 Å². The van der Waals surface area contributed by atoms with Crippen molar-refractivity contribution in [3.63, 3.8) is 0 Å². The lowest BCUT2D eigenvalue weighted by molar-refractivity contribution is -0.142. The number of carbonyl (C=O) groups is 2. The molecule has 0 unspecified atom stereocenters. The normalized spacial score (nSPS) is 23.6. The first-order valence-corrected chi connectivity index (χ1v) is 9.71. The highest BCUT2D eigenvalue weighted by atomic mass is 16.2. The highest BCUT2D eigenvalue weighted by Crippen LogP contribution is 2.32. The van der Waals surface area contributed by atoms with Crippen molar-refractivity contribution in [2.75, 3.05) is 19.6 Å². The molecule has 0 radical (unpaired) electrons. The molecule has 1 saturated heterocycles. The van der Waals surface area contributed by atoms with E-state index in [-0.39, 0.29) is 23.7 Å². The third-order valence-electron chi connectivity index (χ3n) is 5.64. The fourth-order valence-electron chi connectivity index (χ4n) is 4.14. The Morgan fingerprint density at radius 1 is 1.16 bits per heavy atom. The summed E-state index contributed by atoms with van der Waals surface area (Å²) in [5.74, 6) is 1.03. The fraction of sp³-hybridized carbons (Fsp3) is 0.737. The summed E-state index contributed by atoms with van der Waals surface area (Å²) in [5, 5.41) is 3.07. The Labute approximate surface area is 150 Å². The molecule has 1 aromatic rings. The molecule has 3 rings (SSSR count). The number of nitrogens with zero attached hydrogens (tertiary/aromatic N) is 3. The van der Waals surface area contributed by atoms with E-state index in [9.17, 15) is 9.59 Å². The molecule has 1 aromatic heterocycles. The van der Waals surface area contributed by atoms with Crippen molar-refractivity contribution < 1.29 is 9.59 Å². The van der Waals surface area contributed by atoms with E-state index in [1.807, 2.05) is 18.0 Å². The summed E-state index contributed by atoms with van der Waals surface area (Å²) >= 11 is 0. The molecular formula is C19H30N4O2. The third kappa shape index (κ3) is 4.41. The van der Waals surface area contributed by atoms with Crippen LogP contribution in [0.5, 0.6) is 0 Å². The molecular weight excluding hydrogens is 316 g/mol. The molecule has 1 N–H and O–H groups in total. The van der Waals surface area contributed by atoms with Crippen LogP contribution in [0, 0.1) is 18.8 Å². The van der Waals surface area contributed by atoms with Gasteiger partial charge < -0.3 is 14.8 Å². The number of carbonyl (C=O) groups excluding carboxylic acids is 2. The van der Waals surface area contributed by atoms with Crippen molar-refractivity contribution in [3.8, 4) is 0 Å². The molecule has 138 valence electrons. The number of rotatable bonds is 6. The first kappa shape index (κ1) is 18.0. The quantitative estimate of drug-likeness (QED) is 0.803. The minimum atomic E-state index is -0.142. The van der Waals surface area contributed by atoms with Crippen molar-refractivity contribution in [1.82, 2.24) is 19.8 Å². The van der Waals surface area contributed by atoms with Crippen LogP contribution in [0.15, 0.2) is 12.4 Å². The van der Waals surface area contributed by atoms with E-state index >= 15 is 0 Å². The number of amides is 2. The Hall–Kier alpha value is -1.85. The zero-order chi connectivity index (χ0) is 17.6. The van der Waals surface area contributed by atoms with Crippen molar-refractivity contribution >= 4 is 11.8 Å². The largest absolute Gasteiger partial charge is 0.356 e. The van der Waals surface area contributed by atoms with Crippen LogP contribution in [0.4, 0.5) is 0 Å². The average Bonchev–Trinajstić information content (AvgIpc) is 3.30. The topological polar surface area (TPSA) is 67.2 Å². The Balaban J connectivity index is 1.48. The second kappa shape index (κ2) is 8.50. The van der Waals surface area contributed by atoms with Crippen LogP contribution in [0.1, 0.15) is 50.8 Å². The second-order valence-corrected chi connectivity index (χ2v) is 7.34. The van der Waals surface area contributed by atoms with Crippen LogP contribution in [-0.4, -0.2) is 45.9 Å². The van der Waals surface area contributed by atoms with Crippen molar-refractivity contribution in [2.24, 2.45) is 11.8 Å². The Morgan fingerprint density at radius 3 is 2.56 bits per heavy atom. The van der Waals surface area contributed by atoms with Gasteiger partial charge in [0.05, 0.1) is 0 Å². The highest BCUT2D eigenvalue weighted by molar-refractivity contribution is 5.88. The lowest BCUT2D eigenvalue weighted by atomic mass is 9.78. The van der Waals surface area contributed by atoms with Gasteiger partial charge in [-0.2, -0.15) is 0 Å². The van der Waals surface area contributed by atoms with E-state index in [4.69, 9.17) is 0 Å². The number of aryl methyl sites for hydroxylation is 2. The molecule has 0 spiro atoms. The fourth-order valence-corrected chi connectivity index (χ4v) is 4.14. The maximum Gasteiger partial charge on any atom is 0.226 e. The minimum Gasteiger partial charge on any atom is -0.356 e. The zero-order valence-corrected chi connectivity index (χ0v) is 15.2. The highest BCUT2D eigenvalue weighted by Gasteiger charge is 2.38. The zero-order valence-electron chi connectivity index (χ0n) is 15.2. The number of imidazole rings is 1. The van der Waals surface area contributed by atoms with Crippen molar-refractivity contribution in [2.45, 2.75) is 58.4 Å². The lowest BCUT2D eigenvalue weighted by Crippen LogP contribution is -2.44. The van der Waals surface area contributed by atoms with Gasteiger partial charge in [0.25, 0.3) is 0 Å². The number of aromatic nitrogens is 2. The van der Waals surface area contributed by atoms with Gasteiger partial charge in [-0.3, -0.25) is 9.59 Å². The summed E-state index contributed by atoms with van der Waals surface area (Å²) in [6.45, 7) is 5.22. The SMILES string of the molecule is Cc1nccn1CCCNC(=O)[C@@H]1CCCC[C@@H]1C(=O)N1CCCC1. The van der Waals surface area contributed by atoms with E-state index in [1.54, 1.807) is 6.20 Å². The number of likely N-dealkylation sites (tertiary alicyclic amines) is 1. The van der Waals surface area contributed by atoms with E-state index in [0.29, 0.717) is 6.54 Å². The predicted molar refractivity (Wildman–Crippen MR) is 95.9 cm³/mol. The Kier molecular flexibility index (Phi) is 6.10.